The monoisotopic (exact) mass is 230 g/mol. The van der Waals surface area contributed by atoms with Gasteiger partial charge in [0.25, 0.3) is 0 Å². The van der Waals surface area contributed by atoms with Gasteiger partial charge in [-0.3, -0.25) is 0 Å². The molecule has 1 aromatic rings. The van der Waals surface area contributed by atoms with Crippen molar-refractivity contribution in [3.05, 3.63) is 29.8 Å². The molecule has 0 saturated carbocycles. The van der Waals surface area contributed by atoms with Gasteiger partial charge in [0.1, 0.15) is 5.75 Å². The molecule has 86 valence electrons. The summed E-state index contributed by atoms with van der Waals surface area (Å²) in [5.41, 5.74) is 1.33. The average Bonchev–Trinajstić information content (AvgIpc) is 1.99. The van der Waals surface area contributed by atoms with Crippen LogP contribution in [-0.4, -0.2) is 34.7 Å². The number of hydrogen-bond acceptors (Lipinski definition) is 1. The number of hydrogen-bond donors (Lipinski definition) is 1. The molecule has 0 saturated heterocycles. The summed E-state index contributed by atoms with van der Waals surface area (Å²) in [6, 6.07) is 7.63. The topological polar surface area (TPSA) is 20.2 Å². The van der Waals surface area contributed by atoms with Crippen molar-refractivity contribution in [2.45, 2.75) is 46.5 Å². The molecule has 0 aliphatic carbocycles. The van der Waals surface area contributed by atoms with Crippen molar-refractivity contribution >= 4 is 29.6 Å². The molecular formula is C14H23NaO. The van der Waals surface area contributed by atoms with Crippen LogP contribution in [0.3, 0.4) is 0 Å². The second-order valence-electron chi connectivity index (χ2n) is 6.14. The van der Waals surface area contributed by atoms with Crippen LogP contribution in [0.25, 0.3) is 0 Å². The van der Waals surface area contributed by atoms with E-state index in [1.54, 1.807) is 6.07 Å². The molecule has 0 bridgehead atoms. The van der Waals surface area contributed by atoms with Crippen LogP contribution in [0.2, 0.25) is 0 Å². The van der Waals surface area contributed by atoms with Gasteiger partial charge in [-0.15, -0.1) is 0 Å². The molecule has 1 nitrogen and oxygen atoms in total. The molecule has 0 aliphatic rings. The molecule has 0 spiro atoms. The van der Waals surface area contributed by atoms with Gasteiger partial charge in [-0.2, -0.15) is 0 Å². The Kier molecular flexibility index (Phi) is 5.58. The van der Waals surface area contributed by atoms with Crippen LogP contribution in [0.4, 0.5) is 0 Å². The molecule has 2 heteroatoms. The van der Waals surface area contributed by atoms with E-state index < -0.39 is 0 Å². The first-order chi connectivity index (χ1) is 6.72. The van der Waals surface area contributed by atoms with Crippen LogP contribution in [-0.2, 0) is 5.41 Å². The van der Waals surface area contributed by atoms with E-state index in [1.807, 2.05) is 18.2 Å². The maximum absolute atomic E-state index is 9.84. The third-order valence-electron chi connectivity index (χ3n) is 2.61. The predicted octanol–water partition coefficient (Wildman–Crippen LogP) is 3.46. The van der Waals surface area contributed by atoms with Crippen LogP contribution < -0.4 is 0 Å². The van der Waals surface area contributed by atoms with Gasteiger partial charge in [0.05, 0.1) is 0 Å². The Morgan fingerprint density at radius 2 is 1.50 bits per heavy atom. The third-order valence-corrected chi connectivity index (χ3v) is 2.61. The van der Waals surface area contributed by atoms with Gasteiger partial charge >= 0.3 is 29.6 Å². The van der Waals surface area contributed by atoms with E-state index in [1.165, 1.54) is 0 Å². The number of phenolic OH excluding ortho intramolecular Hbond substituents is 1. The average molecular weight is 230 g/mol. The molecule has 1 rings (SSSR count). The summed E-state index contributed by atoms with van der Waals surface area (Å²) in [6.45, 7) is 11.1. The Hall–Kier alpha value is 0.0200. The van der Waals surface area contributed by atoms with Crippen LogP contribution in [0.15, 0.2) is 24.3 Å². The SMILES string of the molecule is CC(C)(C)CC(C)(C)c1ccccc1O.[NaH]. The molecule has 0 fully saturated rings. The molecule has 0 amide bonds. The first-order valence-corrected chi connectivity index (χ1v) is 5.51. The van der Waals surface area contributed by atoms with Crippen LogP contribution in [0.5, 0.6) is 5.75 Å². The maximum atomic E-state index is 9.84. The number of rotatable bonds is 2. The van der Waals surface area contributed by atoms with Crippen molar-refractivity contribution in [3.8, 4) is 5.75 Å². The summed E-state index contributed by atoms with van der Waals surface area (Å²) in [6.07, 6.45) is 1.05. The zero-order valence-corrected chi connectivity index (χ0v) is 10.5. The van der Waals surface area contributed by atoms with Crippen LogP contribution in [0.1, 0.15) is 46.6 Å². The Morgan fingerprint density at radius 3 is 1.94 bits per heavy atom. The van der Waals surface area contributed by atoms with E-state index in [2.05, 4.69) is 34.6 Å². The van der Waals surface area contributed by atoms with Crippen molar-refractivity contribution < 1.29 is 5.11 Å². The molecular weight excluding hydrogens is 207 g/mol. The Morgan fingerprint density at radius 1 is 1.00 bits per heavy atom. The van der Waals surface area contributed by atoms with E-state index in [0.717, 1.165) is 12.0 Å². The predicted molar refractivity (Wildman–Crippen MR) is 72.4 cm³/mol. The first kappa shape index (κ1) is 16.0. The standard InChI is InChI=1S/C14H22O.Na.H/c1-13(2,3)10-14(4,5)11-8-6-7-9-12(11)15;;/h6-9,15H,10H2,1-5H3;;. The van der Waals surface area contributed by atoms with Crippen molar-refractivity contribution in [1.82, 2.24) is 0 Å². The van der Waals surface area contributed by atoms with Gasteiger partial charge in [-0.05, 0) is 28.9 Å². The van der Waals surface area contributed by atoms with E-state index >= 15 is 0 Å². The fraction of sp³-hybridized carbons (Fsp3) is 0.571. The van der Waals surface area contributed by atoms with Crippen molar-refractivity contribution in [1.29, 1.82) is 0 Å². The second-order valence-corrected chi connectivity index (χ2v) is 6.14. The minimum atomic E-state index is 0. The fourth-order valence-corrected chi connectivity index (χ4v) is 2.47. The number of phenols is 1. The van der Waals surface area contributed by atoms with E-state index in [4.69, 9.17) is 0 Å². The van der Waals surface area contributed by atoms with E-state index in [0.29, 0.717) is 5.75 Å². The van der Waals surface area contributed by atoms with Gasteiger partial charge in [-0.25, -0.2) is 0 Å². The quantitative estimate of drug-likeness (QED) is 0.771. The van der Waals surface area contributed by atoms with Gasteiger partial charge in [0.15, 0.2) is 0 Å². The van der Waals surface area contributed by atoms with Gasteiger partial charge < -0.3 is 5.11 Å². The summed E-state index contributed by atoms with van der Waals surface area (Å²) in [5.74, 6) is 0.409. The fourth-order valence-electron chi connectivity index (χ4n) is 2.47. The summed E-state index contributed by atoms with van der Waals surface area (Å²) >= 11 is 0. The number of para-hydroxylation sites is 1. The summed E-state index contributed by atoms with van der Waals surface area (Å²) < 4.78 is 0. The zero-order valence-electron chi connectivity index (χ0n) is 10.5. The molecule has 0 atom stereocenters. The van der Waals surface area contributed by atoms with Crippen molar-refractivity contribution in [2.24, 2.45) is 5.41 Å². The Bertz CT molecular complexity index is 337. The Labute approximate surface area is 122 Å². The van der Waals surface area contributed by atoms with E-state index in [9.17, 15) is 5.11 Å². The summed E-state index contributed by atoms with van der Waals surface area (Å²) in [5, 5.41) is 9.84. The van der Waals surface area contributed by atoms with E-state index in [-0.39, 0.29) is 40.4 Å². The minimum absolute atomic E-state index is 0. The normalized spacial score (nSPS) is 12.1. The molecule has 0 radical (unpaired) electrons. The van der Waals surface area contributed by atoms with Gasteiger partial charge in [0, 0.05) is 0 Å². The molecule has 1 aromatic carbocycles. The second kappa shape index (κ2) is 5.57. The molecule has 0 unspecified atom stereocenters. The molecule has 0 aromatic heterocycles. The molecule has 0 aliphatic heterocycles. The zero-order chi connectivity index (χ0) is 11.7. The number of aromatic hydroxyl groups is 1. The van der Waals surface area contributed by atoms with Crippen molar-refractivity contribution in [3.63, 3.8) is 0 Å². The molecule has 1 N–H and O–H groups in total. The molecule has 16 heavy (non-hydrogen) atoms. The van der Waals surface area contributed by atoms with Crippen LogP contribution >= 0.6 is 0 Å². The Balaban J connectivity index is 0.00000225. The van der Waals surface area contributed by atoms with Gasteiger partial charge in [-0.1, -0.05) is 52.8 Å². The summed E-state index contributed by atoms with van der Waals surface area (Å²) in [7, 11) is 0. The van der Waals surface area contributed by atoms with Crippen molar-refractivity contribution in [2.75, 3.05) is 0 Å². The number of benzene rings is 1. The molecule has 0 heterocycles. The first-order valence-electron chi connectivity index (χ1n) is 5.51. The summed E-state index contributed by atoms with van der Waals surface area (Å²) in [4.78, 5) is 0. The van der Waals surface area contributed by atoms with Crippen LogP contribution in [0, 0.1) is 5.41 Å². The van der Waals surface area contributed by atoms with Gasteiger partial charge in [0.2, 0.25) is 0 Å². The third kappa shape index (κ3) is 4.48.